The van der Waals surface area contributed by atoms with E-state index in [4.69, 9.17) is 0 Å². The molecular formula is C21H25F3N4O3. The number of aromatic nitrogens is 2. The summed E-state index contributed by atoms with van der Waals surface area (Å²) >= 11 is 0. The third-order valence-corrected chi connectivity index (χ3v) is 5.09. The highest BCUT2D eigenvalue weighted by molar-refractivity contribution is 6.03. The number of hydrogen-bond donors (Lipinski definition) is 1. The highest BCUT2D eigenvalue weighted by Gasteiger charge is 2.35. The van der Waals surface area contributed by atoms with Crippen molar-refractivity contribution in [2.24, 2.45) is 5.92 Å². The third kappa shape index (κ3) is 5.18. The largest absolute Gasteiger partial charge is 0.465 e. The van der Waals surface area contributed by atoms with Crippen molar-refractivity contribution in [3.63, 3.8) is 0 Å². The molecule has 0 radical (unpaired) electrons. The fourth-order valence-corrected chi connectivity index (χ4v) is 3.69. The predicted octanol–water partition coefficient (Wildman–Crippen LogP) is 4.77. The molecular weight excluding hydrogens is 413 g/mol. The number of alkyl halides is 3. The summed E-state index contributed by atoms with van der Waals surface area (Å²) in [6.45, 7) is 5.51. The monoisotopic (exact) mass is 438 g/mol. The number of hydrogen-bond acceptors (Lipinski definition) is 3. The molecule has 1 aromatic carbocycles. The van der Waals surface area contributed by atoms with Crippen molar-refractivity contribution in [3.05, 3.63) is 30.6 Å². The maximum Gasteiger partial charge on any atom is 0.411 e. The highest BCUT2D eigenvalue weighted by Crippen LogP contribution is 2.39. The van der Waals surface area contributed by atoms with E-state index in [-0.39, 0.29) is 31.0 Å². The van der Waals surface area contributed by atoms with Gasteiger partial charge in [-0.25, -0.2) is 4.79 Å². The Morgan fingerprint density at radius 1 is 1.23 bits per heavy atom. The molecule has 2 heterocycles. The molecule has 0 fully saturated rings. The van der Waals surface area contributed by atoms with Gasteiger partial charge < -0.3 is 10.0 Å². The lowest BCUT2D eigenvalue weighted by Gasteiger charge is -2.40. The smallest absolute Gasteiger partial charge is 0.411 e. The van der Waals surface area contributed by atoms with E-state index >= 15 is 0 Å². The van der Waals surface area contributed by atoms with E-state index < -0.39 is 18.7 Å². The Morgan fingerprint density at radius 2 is 1.94 bits per heavy atom. The first kappa shape index (κ1) is 22.6. The normalized spacial score (nSPS) is 16.5. The zero-order valence-electron chi connectivity index (χ0n) is 17.6. The van der Waals surface area contributed by atoms with Gasteiger partial charge in [-0.3, -0.25) is 14.4 Å². The van der Waals surface area contributed by atoms with Gasteiger partial charge in [0.1, 0.15) is 0 Å². The van der Waals surface area contributed by atoms with Crippen LogP contribution in [0.25, 0.3) is 11.1 Å². The Labute approximate surface area is 178 Å². The van der Waals surface area contributed by atoms with Crippen LogP contribution in [0.5, 0.6) is 0 Å². The number of nitrogens with zero attached hydrogens (tertiary/aromatic N) is 4. The quantitative estimate of drug-likeness (QED) is 0.730. The second kappa shape index (κ2) is 8.60. The molecule has 2 aromatic rings. The van der Waals surface area contributed by atoms with Crippen LogP contribution < -0.4 is 9.80 Å². The molecule has 7 nitrogen and oxygen atoms in total. The van der Waals surface area contributed by atoms with Gasteiger partial charge in [-0.2, -0.15) is 18.3 Å². The van der Waals surface area contributed by atoms with Crippen molar-refractivity contribution < 1.29 is 27.9 Å². The third-order valence-electron chi connectivity index (χ3n) is 5.09. The van der Waals surface area contributed by atoms with Crippen LogP contribution in [0.2, 0.25) is 0 Å². The number of halogens is 3. The molecule has 2 amide bonds. The van der Waals surface area contributed by atoms with Gasteiger partial charge in [0.25, 0.3) is 0 Å². The molecule has 0 unspecified atom stereocenters. The molecule has 31 heavy (non-hydrogen) atoms. The fourth-order valence-electron chi connectivity index (χ4n) is 3.69. The number of rotatable bonds is 5. The van der Waals surface area contributed by atoms with E-state index in [0.29, 0.717) is 28.9 Å². The topological polar surface area (TPSA) is 78.7 Å². The molecule has 168 valence electrons. The lowest BCUT2D eigenvalue weighted by molar-refractivity contribution is -0.137. The average Bonchev–Trinajstić information content (AvgIpc) is 3.13. The molecule has 10 heteroatoms. The summed E-state index contributed by atoms with van der Waals surface area (Å²) in [5, 5.41) is 13.7. The van der Waals surface area contributed by atoms with Gasteiger partial charge >= 0.3 is 12.3 Å². The minimum atomic E-state index is -4.28. The number of carboxylic acid groups (broad SMARTS) is 1. The van der Waals surface area contributed by atoms with Crippen LogP contribution in [-0.2, 0) is 11.3 Å². The lowest BCUT2D eigenvalue weighted by Crippen LogP contribution is -2.51. The second-order valence-electron chi connectivity index (χ2n) is 8.16. The molecule has 0 saturated carbocycles. The molecule has 1 aromatic heterocycles. The van der Waals surface area contributed by atoms with E-state index in [1.54, 1.807) is 30.0 Å². The van der Waals surface area contributed by atoms with Crippen LogP contribution in [0.3, 0.4) is 0 Å². The van der Waals surface area contributed by atoms with E-state index in [1.807, 2.05) is 13.8 Å². The van der Waals surface area contributed by atoms with Crippen molar-refractivity contribution in [3.8, 4) is 11.1 Å². The van der Waals surface area contributed by atoms with Crippen molar-refractivity contribution in [2.45, 2.75) is 52.4 Å². The van der Waals surface area contributed by atoms with Gasteiger partial charge in [-0.1, -0.05) is 19.9 Å². The summed E-state index contributed by atoms with van der Waals surface area (Å²) in [7, 11) is 0. The first-order chi connectivity index (χ1) is 14.5. The van der Waals surface area contributed by atoms with Crippen LogP contribution in [0.4, 0.5) is 29.3 Å². The SMILES string of the molecule is CC(C)CC(=O)N1c2ccc(-c3cnn(CCC(F)(F)F)c3)cc2N(C(=O)O)C[C@@H]1C. The number of anilines is 2. The first-order valence-electron chi connectivity index (χ1n) is 10.0. The standard InChI is InChI=1S/C21H25F3N4O3/c1-13(2)8-19(29)28-14(3)11-27(20(30)31)18-9-15(4-5-17(18)28)16-10-25-26(12-16)7-6-21(22,23)24/h4-5,9-10,12-14H,6-8,11H2,1-3H3,(H,30,31)/t14-/m0/s1. The molecule has 1 aliphatic rings. The van der Waals surface area contributed by atoms with Crippen LogP contribution in [0.15, 0.2) is 30.6 Å². The summed E-state index contributed by atoms with van der Waals surface area (Å²) in [5.74, 6) is 0.0731. The number of carbonyl (C=O) groups excluding carboxylic acids is 1. The Kier molecular flexibility index (Phi) is 6.28. The minimum Gasteiger partial charge on any atom is -0.465 e. The van der Waals surface area contributed by atoms with Gasteiger partial charge in [-0.15, -0.1) is 0 Å². The van der Waals surface area contributed by atoms with Gasteiger partial charge in [0, 0.05) is 31.3 Å². The molecule has 0 bridgehead atoms. The number of aryl methyl sites for hydroxylation is 1. The minimum absolute atomic E-state index is 0.0819. The number of carbonyl (C=O) groups is 2. The number of amides is 2. The molecule has 0 saturated heterocycles. The maximum absolute atomic E-state index is 12.8. The van der Waals surface area contributed by atoms with Crippen LogP contribution in [-0.4, -0.2) is 45.7 Å². The van der Waals surface area contributed by atoms with Crippen LogP contribution in [0, 0.1) is 5.92 Å². The van der Waals surface area contributed by atoms with E-state index in [2.05, 4.69) is 5.10 Å². The lowest BCUT2D eigenvalue weighted by atomic mass is 10.0. The average molecular weight is 438 g/mol. The van der Waals surface area contributed by atoms with Gasteiger partial charge in [0.05, 0.1) is 30.0 Å². The van der Waals surface area contributed by atoms with E-state index in [0.717, 1.165) is 0 Å². The van der Waals surface area contributed by atoms with Crippen LogP contribution in [0.1, 0.15) is 33.6 Å². The van der Waals surface area contributed by atoms with Crippen molar-refractivity contribution in [1.82, 2.24) is 9.78 Å². The Bertz CT molecular complexity index is 971. The molecule has 1 aliphatic heterocycles. The number of fused-ring (bicyclic) bond motifs is 1. The summed E-state index contributed by atoms with van der Waals surface area (Å²) in [6.07, 6.45) is -3.13. The Balaban J connectivity index is 1.95. The fraction of sp³-hybridized carbons (Fsp3) is 0.476. The molecule has 1 N–H and O–H groups in total. The zero-order valence-corrected chi connectivity index (χ0v) is 17.6. The zero-order chi connectivity index (χ0) is 22.9. The van der Waals surface area contributed by atoms with Crippen LogP contribution >= 0.6 is 0 Å². The van der Waals surface area contributed by atoms with Gasteiger partial charge in [0.2, 0.25) is 5.91 Å². The highest BCUT2D eigenvalue weighted by atomic mass is 19.4. The second-order valence-corrected chi connectivity index (χ2v) is 8.16. The van der Waals surface area contributed by atoms with E-state index in [9.17, 15) is 27.9 Å². The van der Waals surface area contributed by atoms with Gasteiger partial charge in [-0.05, 0) is 30.5 Å². The van der Waals surface area contributed by atoms with Gasteiger partial charge in [0.15, 0.2) is 0 Å². The van der Waals surface area contributed by atoms with Crippen molar-refractivity contribution >= 4 is 23.4 Å². The van der Waals surface area contributed by atoms with E-state index in [1.165, 1.54) is 22.0 Å². The molecule has 0 spiro atoms. The molecule has 1 atom stereocenters. The van der Waals surface area contributed by atoms with Crippen molar-refractivity contribution in [1.29, 1.82) is 0 Å². The summed E-state index contributed by atoms with van der Waals surface area (Å²) < 4.78 is 38.6. The van der Waals surface area contributed by atoms with Crippen molar-refractivity contribution in [2.75, 3.05) is 16.3 Å². The number of benzene rings is 1. The predicted molar refractivity (Wildman–Crippen MR) is 110 cm³/mol. The summed E-state index contributed by atoms with van der Waals surface area (Å²) in [4.78, 5) is 27.5. The maximum atomic E-state index is 12.8. The summed E-state index contributed by atoms with van der Waals surface area (Å²) in [6, 6.07) is 4.71. The molecule has 0 aliphatic carbocycles. The molecule has 3 rings (SSSR count). The Hall–Kier alpha value is -3.04. The first-order valence-corrected chi connectivity index (χ1v) is 10.0. The summed E-state index contributed by atoms with van der Waals surface area (Å²) in [5.41, 5.74) is 2.03. The Morgan fingerprint density at radius 3 is 2.55 bits per heavy atom.